The van der Waals surface area contributed by atoms with Gasteiger partial charge in [-0.25, -0.2) is 0 Å². The van der Waals surface area contributed by atoms with Crippen LogP contribution in [0.4, 0.5) is 0 Å². The summed E-state index contributed by atoms with van der Waals surface area (Å²) in [6.07, 6.45) is 0. The van der Waals surface area contributed by atoms with E-state index in [2.05, 4.69) is 40.7 Å². The van der Waals surface area contributed by atoms with Crippen LogP contribution in [0.3, 0.4) is 0 Å². The summed E-state index contributed by atoms with van der Waals surface area (Å²) < 4.78 is 18.1. The summed E-state index contributed by atoms with van der Waals surface area (Å²) in [4.78, 5) is 0. The molecule has 7 heteroatoms. The number of hydrogen-bond acceptors (Lipinski definition) is 6. The Morgan fingerprint density at radius 1 is 0.811 bits per heavy atom. The van der Waals surface area contributed by atoms with Gasteiger partial charge in [0, 0.05) is 29.1 Å². The molecule has 0 amide bonds. The molecule has 0 aliphatic heterocycles. The van der Waals surface area contributed by atoms with Crippen molar-refractivity contribution in [3.8, 4) is 35.1 Å². The Hall–Kier alpha value is -3.90. The number of aromatic nitrogens is 1. The van der Waals surface area contributed by atoms with Gasteiger partial charge in [-0.1, -0.05) is 36.1 Å². The van der Waals surface area contributed by atoms with Crippen LogP contribution in [0.2, 0.25) is 0 Å². The summed E-state index contributed by atoms with van der Waals surface area (Å²) in [6, 6.07) is 19.9. The van der Waals surface area contributed by atoms with Crippen LogP contribution >= 0.6 is 0 Å². The van der Waals surface area contributed by atoms with Crippen molar-refractivity contribution in [1.29, 1.82) is 10.5 Å². The van der Waals surface area contributed by atoms with E-state index in [9.17, 15) is 5.26 Å². The normalized spacial score (nSPS) is 10.4. The van der Waals surface area contributed by atoms with Gasteiger partial charge in [-0.2, -0.15) is 10.5 Å². The standard InChI is InChI=1S/C30H31N3O4/c1-23-29(21-32)30(28-10-8-26(20-31)9-11-28)24(2)33(23)22-27-6-3-5-25(19-27)7-4-13-35-15-17-37-18-16-36-14-12-34/h3,5-6,8-11,19,34H,12-18,22H2,1-2H3. The smallest absolute Gasteiger partial charge is 0.108 e. The lowest BCUT2D eigenvalue weighted by molar-refractivity contribution is 0.0123. The average Bonchev–Trinajstić information content (AvgIpc) is 3.16. The first-order valence-electron chi connectivity index (χ1n) is 12.1. The summed E-state index contributed by atoms with van der Waals surface area (Å²) in [5, 5.41) is 27.6. The van der Waals surface area contributed by atoms with Gasteiger partial charge >= 0.3 is 0 Å². The number of nitrogens with zero attached hydrogens (tertiary/aromatic N) is 3. The molecule has 0 atom stereocenters. The van der Waals surface area contributed by atoms with E-state index in [0.29, 0.717) is 57.3 Å². The molecule has 0 aliphatic carbocycles. The van der Waals surface area contributed by atoms with Crippen molar-refractivity contribution in [3.63, 3.8) is 0 Å². The summed E-state index contributed by atoms with van der Waals surface area (Å²) in [5.41, 5.74) is 6.96. The van der Waals surface area contributed by atoms with Crippen LogP contribution < -0.4 is 0 Å². The Bertz CT molecular complexity index is 1320. The Labute approximate surface area is 218 Å². The molecular weight excluding hydrogens is 466 g/mol. The highest BCUT2D eigenvalue weighted by atomic mass is 16.5. The van der Waals surface area contributed by atoms with E-state index < -0.39 is 0 Å². The number of aliphatic hydroxyl groups is 1. The van der Waals surface area contributed by atoms with E-state index in [1.54, 1.807) is 12.1 Å². The fourth-order valence-electron chi connectivity index (χ4n) is 4.02. The number of hydrogen-bond donors (Lipinski definition) is 1. The number of nitriles is 2. The SMILES string of the molecule is Cc1c(C#N)c(-c2ccc(C#N)cc2)c(C)n1Cc1cccc(C#CCOCCOCCOCCO)c1. The van der Waals surface area contributed by atoms with Crippen LogP contribution in [0.5, 0.6) is 0 Å². The molecule has 7 nitrogen and oxygen atoms in total. The lowest BCUT2D eigenvalue weighted by atomic mass is 10.0. The van der Waals surface area contributed by atoms with Gasteiger partial charge in [-0.3, -0.25) is 0 Å². The zero-order valence-electron chi connectivity index (χ0n) is 21.3. The van der Waals surface area contributed by atoms with Gasteiger partial charge in [-0.05, 0) is 49.2 Å². The van der Waals surface area contributed by atoms with Crippen molar-refractivity contribution in [1.82, 2.24) is 4.57 Å². The van der Waals surface area contributed by atoms with Crippen molar-refractivity contribution in [3.05, 3.63) is 82.2 Å². The van der Waals surface area contributed by atoms with Crippen molar-refractivity contribution in [2.75, 3.05) is 46.2 Å². The molecule has 0 spiro atoms. The molecule has 0 saturated carbocycles. The quantitative estimate of drug-likeness (QED) is 0.300. The van der Waals surface area contributed by atoms with E-state index in [1.807, 2.05) is 38.1 Å². The minimum atomic E-state index is 0.0132. The van der Waals surface area contributed by atoms with Crippen LogP contribution in [-0.2, 0) is 20.8 Å². The van der Waals surface area contributed by atoms with Gasteiger partial charge in [0.1, 0.15) is 12.7 Å². The Morgan fingerprint density at radius 3 is 2.19 bits per heavy atom. The van der Waals surface area contributed by atoms with Gasteiger partial charge in [-0.15, -0.1) is 0 Å². The van der Waals surface area contributed by atoms with Gasteiger partial charge in [0.2, 0.25) is 0 Å². The molecule has 0 fully saturated rings. The van der Waals surface area contributed by atoms with Crippen LogP contribution in [0, 0.1) is 48.4 Å². The molecule has 1 aromatic heterocycles. The third kappa shape index (κ3) is 7.79. The lowest BCUT2D eigenvalue weighted by Gasteiger charge is -2.10. The molecule has 0 aliphatic rings. The predicted molar refractivity (Wildman–Crippen MR) is 141 cm³/mol. The number of aliphatic hydroxyl groups excluding tert-OH is 1. The van der Waals surface area contributed by atoms with Crippen LogP contribution in [0.1, 0.15) is 33.6 Å². The molecule has 2 aromatic carbocycles. The lowest BCUT2D eigenvalue weighted by Crippen LogP contribution is -2.10. The second-order valence-corrected chi connectivity index (χ2v) is 8.31. The molecule has 1 N–H and O–H groups in total. The third-order valence-electron chi connectivity index (χ3n) is 5.85. The van der Waals surface area contributed by atoms with Crippen molar-refractivity contribution >= 4 is 0 Å². The number of benzene rings is 2. The number of rotatable bonds is 12. The summed E-state index contributed by atoms with van der Waals surface area (Å²) in [6.45, 7) is 7.08. The first-order valence-corrected chi connectivity index (χ1v) is 12.1. The van der Waals surface area contributed by atoms with Crippen LogP contribution in [0.25, 0.3) is 11.1 Å². The second kappa shape index (κ2) is 14.6. The zero-order chi connectivity index (χ0) is 26.5. The molecule has 1 heterocycles. The fraction of sp³-hybridized carbons (Fsp3) is 0.333. The summed E-state index contributed by atoms with van der Waals surface area (Å²) >= 11 is 0. The van der Waals surface area contributed by atoms with E-state index in [0.717, 1.165) is 33.6 Å². The first kappa shape index (κ1) is 27.7. The maximum Gasteiger partial charge on any atom is 0.108 e. The molecule has 0 saturated heterocycles. The van der Waals surface area contributed by atoms with Crippen molar-refractivity contribution in [2.45, 2.75) is 20.4 Å². The Morgan fingerprint density at radius 2 is 1.51 bits per heavy atom. The van der Waals surface area contributed by atoms with Crippen molar-refractivity contribution < 1.29 is 19.3 Å². The molecule has 190 valence electrons. The van der Waals surface area contributed by atoms with E-state index in [-0.39, 0.29) is 6.61 Å². The van der Waals surface area contributed by atoms with E-state index >= 15 is 0 Å². The molecule has 0 unspecified atom stereocenters. The summed E-state index contributed by atoms with van der Waals surface area (Å²) in [5.74, 6) is 6.18. The maximum atomic E-state index is 9.87. The highest BCUT2D eigenvalue weighted by Crippen LogP contribution is 2.32. The Kier molecular flexibility index (Phi) is 10.9. The third-order valence-corrected chi connectivity index (χ3v) is 5.85. The average molecular weight is 498 g/mol. The molecule has 3 aromatic rings. The molecular formula is C30H31N3O4. The fourth-order valence-corrected chi connectivity index (χ4v) is 4.02. The highest BCUT2D eigenvalue weighted by Gasteiger charge is 2.19. The van der Waals surface area contributed by atoms with Gasteiger partial charge in [0.05, 0.1) is 56.8 Å². The second-order valence-electron chi connectivity index (χ2n) is 8.31. The Balaban J connectivity index is 1.61. The number of ether oxygens (including phenoxy) is 3. The summed E-state index contributed by atoms with van der Waals surface area (Å²) in [7, 11) is 0. The maximum absolute atomic E-state index is 9.87. The van der Waals surface area contributed by atoms with Crippen molar-refractivity contribution in [2.24, 2.45) is 0 Å². The first-order chi connectivity index (χ1) is 18.1. The minimum Gasteiger partial charge on any atom is -0.394 e. The molecule has 3 rings (SSSR count). The van der Waals surface area contributed by atoms with Gasteiger partial charge in [0.15, 0.2) is 0 Å². The topological polar surface area (TPSA) is 100 Å². The zero-order valence-corrected chi connectivity index (χ0v) is 21.3. The minimum absolute atomic E-state index is 0.0132. The van der Waals surface area contributed by atoms with E-state index in [1.165, 1.54) is 0 Å². The van der Waals surface area contributed by atoms with E-state index in [4.69, 9.17) is 24.6 Å². The molecule has 0 radical (unpaired) electrons. The van der Waals surface area contributed by atoms with Gasteiger partial charge < -0.3 is 23.9 Å². The molecule has 37 heavy (non-hydrogen) atoms. The van der Waals surface area contributed by atoms with Gasteiger partial charge in [0.25, 0.3) is 0 Å². The monoisotopic (exact) mass is 497 g/mol. The predicted octanol–water partition coefficient (Wildman–Crippen LogP) is 3.96. The highest BCUT2D eigenvalue weighted by molar-refractivity contribution is 5.75. The van der Waals surface area contributed by atoms with Crippen LogP contribution in [0.15, 0.2) is 48.5 Å². The molecule has 0 bridgehead atoms. The largest absolute Gasteiger partial charge is 0.394 e. The van der Waals surface area contributed by atoms with Crippen LogP contribution in [-0.4, -0.2) is 55.9 Å².